The number of primary amides is 1. The largest absolute Gasteiger partial charge is 0.368 e. The lowest BCUT2D eigenvalue weighted by atomic mass is 10.2. The van der Waals surface area contributed by atoms with E-state index in [1.54, 1.807) is 12.1 Å². The van der Waals surface area contributed by atoms with Crippen LogP contribution in [0.1, 0.15) is 24.0 Å². The van der Waals surface area contributed by atoms with Crippen LogP contribution in [0.2, 0.25) is 0 Å². The first kappa shape index (κ1) is 14.0. The molecule has 1 aliphatic rings. The Morgan fingerprint density at radius 1 is 1.37 bits per heavy atom. The van der Waals surface area contributed by atoms with Crippen molar-refractivity contribution in [3.05, 3.63) is 35.4 Å². The molecule has 6 heteroatoms. The first-order valence-corrected chi connectivity index (χ1v) is 7.85. The molecule has 1 saturated heterocycles. The summed E-state index contributed by atoms with van der Waals surface area (Å²) in [4.78, 5) is 11.3. The molecule has 5 nitrogen and oxygen atoms in total. The monoisotopic (exact) mass is 282 g/mol. The van der Waals surface area contributed by atoms with Crippen molar-refractivity contribution in [1.29, 1.82) is 0 Å². The van der Waals surface area contributed by atoms with Gasteiger partial charge in [0, 0.05) is 6.54 Å². The Morgan fingerprint density at radius 3 is 2.58 bits per heavy atom. The van der Waals surface area contributed by atoms with Gasteiger partial charge in [0.25, 0.3) is 0 Å². The Bertz CT molecular complexity index is 566. The number of sulfonamides is 1. The van der Waals surface area contributed by atoms with E-state index in [0.29, 0.717) is 19.4 Å². The SMILES string of the molecule is Cc1ccc(CS(=O)(=O)N2CCC[C@H]2C(N)=O)cc1. The quantitative estimate of drug-likeness (QED) is 0.886. The lowest BCUT2D eigenvalue weighted by Gasteiger charge is -2.21. The number of amides is 1. The van der Waals surface area contributed by atoms with Gasteiger partial charge in [-0.1, -0.05) is 29.8 Å². The lowest BCUT2D eigenvalue weighted by Crippen LogP contribution is -2.44. The van der Waals surface area contributed by atoms with Gasteiger partial charge in [0.2, 0.25) is 15.9 Å². The van der Waals surface area contributed by atoms with Gasteiger partial charge < -0.3 is 5.73 Å². The highest BCUT2D eigenvalue weighted by atomic mass is 32.2. The molecule has 1 heterocycles. The van der Waals surface area contributed by atoms with Crippen molar-refractivity contribution < 1.29 is 13.2 Å². The van der Waals surface area contributed by atoms with Crippen LogP contribution < -0.4 is 5.73 Å². The molecule has 19 heavy (non-hydrogen) atoms. The third kappa shape index (κ3) is 3.13. The first-order chi connectivity index (χ1) is 8.90. The summed E-state index contributed by atoms with van der Waals surface area (Å²) in [7, 11) is -3.49. The van der Waals surface area contributed by atoms with Crippen molar-refractivity contribution in [3.63, 3.8) is 0 Å². The van der Waals surface area contributed by atoms with Crippen LogP contribution in [0.25, 0.3) is 0 Å². The van der Waals surface area contributed by atoms with E-state index in [2.05, 4.69) is 0 Å². The minimum absolute atomic E-state index is 0.0862. The number of benzene rings is 1. The van der Waals surface area contributed by atoms with Gasteiger partial charge in [-0.2, -0.15) is 4.31 Å². The van der Waals surface area contributed by atoms with E-state index in [9.17, 15) is 13.2 Å². The maximum atomic E-state index is 12.3. The molecule has 1 aliphatic heterocycles. The van der Waals surface area contributed by atoms with Crippen LogP contribution in [0.4, 0.5) is 0 Å². The first-order valence-electron chi connectivity index (χ1n) is 6.24. The molecular formula is C13H18N2O3S. The van der Waals surface area contributed by atoms with Crippen molar-refractivity contribution in [2.75, 3.05) is 6.54 Å². The summed E-state index contributed by atoms with van der Waals surface area (Å²) < 4.78 is 25.9. The predicted octanol–water partition coefficient (Wildman–Crippen LogP) is 0.775. The van der Waals surface area contributed by atoms with Crippen LogP contribution in [0.5, 0.6) is 0 Å². The van der Waals surface area contributed by atoms with Crippen molar-refractivity contribution in [3.8, 4) is 0 Å². The summed E-state index contributed by atoms with van der Waals surface area (Å²) in [5.41, 5.74) is 7.06. The lowest BCUT2D eigenvalue weighted by molar-refractivity contribution is -0.121. The number of hydrogen-bond donors (Lipinski definition) is 1. The van der Waals surface area contributed by atoms with Gasteiger partial charge in [-0.3, -0.25) is 4.79 Å². The molecular weight excluding hydrogens is 264 g/mol. The second-order valence-electron chi connectivity index (χ2n) is 4.91. The van der Waals surface area contributed by atoms with Gasteiger partial charge in [-0.15, -0.1) is 0 Å². The van der Waals surface area contributed by atoms with Crippen LogP contribution in [-0.2, 0) is 20.6 Å². The average Bonchev–Trinajstić information content (AvgIpc) is 2.82. The highest BCUT2D eigenvalue weighted by molar-refractivity contribution is 7.88. The Hall–Kier alpha value is -1.40. The Balaban J connectivity index is 2.18. The smallest absolute Gasteiger partial charge is 0.235 e. The van der Waals surface area contributed by atoms with Crippen LogP contribution >= 0.6 is 0 Å². The molecule has 1 atom stereocenters. The van der Waals surface area contributed by atoms with Crippen LogP contribution in [-0.4, -0.2) is 31.2 Å². The fraction of sp³-hybridized carbons (Fsp3) is 0.462. The predicted molar refractivity (Wildman–Crippen MR) is 72.7 cm³/mol. The van der Waals surface area contributed by atoms with Crippen molar-refractivity contribution in [1.82, 2.24) is 4.31 Å². The molecule has 1 fully saturated rings. The number of nitrogens with two attached hydrogens (primary N) is 1. The van der Waals surface area contributed by atoms with Gasteiger partial charge in [-0.25, -0.2) is 8.42 Å². The Kier molecular flexibility index (Phi) is 3.91. The summed E-state index contributed by atoms with van der Waals surface area (Å²) in [5, 5.41) is 0. The van der Waals surface area contributed by atoms with E-state index < -0.39 is 22.0 Å². The van der Waals surface area contributed by atoms with E-state index in [-0.39, 0.29) is 5.75 Å². The van der Waals surface area contributed by atoms with Gasteiger partial charge in [0.05, 0.1) is 5.75 Å². The van der Waals surface area contributed by atoms with Crippen LogP contribution in [0.15, 0.2) is 24.3 Å². The van der Waals surface area contributed by atoms with E-state index in [1.807, 2.05) is 19.1 Å². The summed E-state index contributed by atoms with van der Waals surface area (Å²) in [6.45, 7) is 2.32. The highest BCUT2D eigenvalue weighted by Gasteiger charge is 2.37. The molecule has 0 bridgehead atoms. The molecule has 2 N–H and O–H groups in total. The summed E-state index contributed by atoms with van der Waals surface area (Å²) in [6, 6.07) is 6.65. The Labute approximate surface area is 113 Å². The zero-order valence-electron chi connectivity index (χ0n) is 10.9. The fourth-order valence-corrected chi connectivity index (χ4v) is 4.12. The Morgan fingerprint density at radius 2 is 2.00 bits per heavy atom. The molecule has 0 spiro atoms. The van der Waals surface area contributed by atoms with Gasteiger partial charge in [0.15, 0.2) is 0 Å². The minimum atomic E-state index is -3.49. The van der Waals surface area contributed by atoms with Crippen molar-refractivity contribution >= 4 is 15.9 Å². The van der Waals surface area contributed by atoms with Crippen molar-refractivity contribution in [2.24, 2.45) is 5.73 Å². The molecule has 2 rings (SSSR count). The number of nitrogens with zero attached hydrogens (tertiary/aromatic N) is 1. The fourth-order valence-electron chi connectivity index (χ4n) is 2.34. The third-order valence-electron chi connectivity index (χ3n) is 3.36. The van der Waals surface area contributed by atoms with Crippen molar-refractivity contribution in [2.45, 2.75) is 31.6 Å². The summed E-state index contributed by atoms with van der Waals surface area (Å²) in [5.74, 6) is -0.651. The maximum Gasteiger partial charge on any atom is 0.235 e. The molecule has 0 saturated carbocycles. The van der Waals surface area contributed by atoms with E-state index in [0.717, 1.165) is 11.1 Å². The summed E-state index contributed by atoms with van der Waals surface area (Å²) in [6.07, 6.45) is 1.20. The standard InChI is InChI=1S/C13H18N2O3S/c1-10-4-6-11(7-5-10)9-19(17,18)15-8-2-3-12(15)13(14)16/h4-7,12H,2-3,8-9H2,1H3,(H2,14,16)/t12-/m0/s1. The molecule has 1 aromatic rings. The van der Waals surface area contributed by atoms with E-state index >= 15 is 0 Å². The molecule has 0 radical (unpaired) electrons. The third-order valence-corrected chi connectivity index (χ3v) is 5.21. The number of rotatable bonds is 4. The summed E-state index contributed by atoms with van der Waals surface area (Å²) >= 11 is 0. The zero-order valence-corrected chi connectivity index (χ0v) is 11.7. The van der Waals surface area contributed by atoms with E-state index in [4.69, 9.17) is 5.73 Å². The maximum absolute atomic E-state index is 12.3. The molecule has 104 valence electrons. The minimum Gasteiger partial charge on any atom is -0.368 e. The number of carbonyl (C=O) groups excluding carboxylic acids is 1. The van der Waals surface area contributed by atoms with Gasteiger partial charge >= 0.3 is 0 Å². The molecule has 1 amide bonds. The van der Waals surface area contributed by atoms with E-state index in [1.165, 1.54) is 4.31 Å². The highest BCUT2D eigenvalue weighted by Crippen LogP contribution is 2.23. The van der Waals surface area contributed by atoms with Crippen LogP contribution in [0, 0.1) is 6.92 Å². The number of carbonyl (C=O) groups is 1. The second kappa shape index (κ2) is 5.30. The zero-order chi connectivity index (χ0) is 14.0. The number of aryl methyl sites for hydroxylation is 1. The van der Waals surface area contributed by atoms with Gasteiger partial charge in [0.1, 0.15) is 6.04 Å². The molecule has 0 aliphatic carbocycles. The molecule has 1 aromatic carbocycles. The van der Waals surface area contributed by atoms with Gasteiger partial charge in [-0.05, 0) is 25.3 Å². The topological polar surface area (TPSA) is 80.5 Å². The second-order valence-corrected chi connectivity index (χ2v) is 6.83. The normalized spacial score (nSPS) is 20.6. The number of hydrogen-bond acceptors (Lipinski definition) is 3. The molecule has 0 unspecified atom stereocenters. The molecule has 0 aromatic heterocycles. The van der Waals surface area contributed by atoms with Crippen LogP contribution in [0.3, 0.4) is 0 Å². The average molecular weight is 282 g/mol.